The van der Waals surface area contributed by atoms with Gasteiger partial charge in [-0.3, -0.25) is 0 Å². The van der Waals surface area contributed by atoms with Crippen molar-refractivity contribution in [3.63, 3.8) is 0 Å². The van der Waals surface area contributed by atoms with Gasteiger partial charge in [0, 0.05) is 11.0 Å². The van der Waals surface area contributed by atoms with Gasteiger partial charge in [0.1, 0.15) is 5.82 Å². The molecule has 0 aromatic heterocycles. The van der Waals surface area contributed by atoms with Crippen LogP contribution < -0.4 is 14.8 Å². The molecule has 2 aromatic carbocycles. The van der Waals surface area contributed by atoms with E-state index in [4.69, 9.17) is 9.47 Å². The molecule has 3 nitrogen and oxygen atoms in total. The first-order chi connectivity index (χ1) is 10.6. The fourth-order valence-corrected chi connectivity index (χ4v) is 2.60. The Bertz CT molecular complexity index is 617. The summed E-state index contributed by atoms with van der Waals surface area (Å²) in [6.07, 6.45) is 0.852. The number of methoxy groups -OCH3 is 2. The van der Waals surface area contributed by atoms with Crippen molar-refractivity contribution in [1.29, 1.82) is 0 Å². The van der Waals surface area contributed by atoms with Crippen LogP contribution in [-0.4, -0.2) is 20.8 Å². The molecule has 0 unspecified atom stereocenters. The second kappa shape index (κ2) is 8.15. The first-order valence-corrected chi connectivity index (χ1v) is 7.79. The average Bonchev–Trinajstić information content (AvgIpc) is 2.54. The van der Waals surface area contributed by atoms with E-state index in [0.29, 0.717) is 18.0 Å². The van der Waals surface area contributed by atoms with Gasteiger partial charge in [0.15, 0.2) is 11.5 Å². The number of hydrogen-bond acceptors (Lipinski definition) is 3. The van der Waals surface area contributed by atoms with E-state index in [1.165, 1.54) is 12.1 Å². The summed E-state index contributed by atoms with van der Waals surface area (Å²) >= 11 is 3.54. The van der Waals surface area contributed by atoms with E-state index in [9.17, 15) is 4.39 Å². The maximum Gasteiger partial charge on any atom is 0.161 e. The van der Waals surface area contributed by atoms with Gasteiger partial charge in [-0.05, 0) is 48.4 Å². The average molecular weight is 368 g/mol. The van der Waals surface area contributed by atoms with E-state index in [-0.39, 0.29) is 5.82 Å². The van der Waals surface area contributed by atoms with E-state index in [2.05, 4.69) is 21.2 Å². The Kier molecular flexibility index (Phi) is 6.21. The molecular weight excluding hydrogens is 349 g/mol. The lowest BCUT2D eigenvalue weighted by Gasteiger charge is -2.12. The molecule has 118 valence electrons. The predicted octanol–water partition coefficient (Wildman–Crippen LogP) is 3.94. The Hall–Kier alpha value is -1.59. The zero-order valence-electron chi connectivity index (χ0n) is 12.7. The fraction of sp³-hybridized carbons (Fsp3) is 0.294. The summed E-state index contributed by atoms with van der Waals surface area (Å²) in [6, 6.07) is 10.4. The maximum atomic E-state index is 12.8. The summed E-state index contributed by atoms with van der Waals surface area (Å²) in [5, 5.41) is 3.37. The highest BCUT2D eigenvalue weighted by atomic mass is 79.9. The molecule has 0 saturated carbocycles. The molecule has 0 spiro atoms. The van der Waals surface area contributed by atoms with Crippen molar-refractivity contribution in [3.8, 4) is 11.5 Å². The predicted molar refractivity (Wildman–Crippen MR) is 89.1 cm³/mol. The number of benzene rings is 2. The smallest absolute Gasteiger partial charge is 0.161 e. The van der Waals surface area contributed by atoms with Crippen LogP contribution in [0, 0.1) is 5.82 Å². The Morgan fingerprint density at radius 2 is 1.68 bits per heavy atom. The fourth-order valence-electron chi connectivity index (χ4n) is 2.14. The Labute approximate surface area is 138 Å². The maximum absolute atomic E-state index is 12.8. The standard InChI is InChI=1S/C17H19BrFNO2/c1-21-16-9-13(15(18)10-17(16)22-2)11-20-8-7-12-3-5-14(19)6-4-12/h3-6,9-10,20H,7-8,11H2,1-2H3. The molecule has 5 heteroatoms. The molecule has 0 aliphatic heterocycles. The quantitative estimate of drug-likeness (QED) is 0.751. The van der Waals surface area contributed by atoms with Crippen LogP contribution in [0.5, 0.6) is 11.5 Å². The molecule has 0 aliphatic rings. The molecule has 0 bridgehead atoms. The Balaban J connectivity index is 1.90. The lowest BCUT2D eigenvalue weighted by Crippen LogP contribution is -2.17. The van der Waals surface area contributed by atoms with E-state index in [0.717, 1.165) is 28.6 Å². The monoisotopic (exact) mass is 367 g/mol. The molecule has 0 aliphatic carbocycles. The van der Waals surface area contributed by atoms with Crippen LogP contribution in [0.15, 0.2) is 40.9 Å². The van der Waals surface area contributed by atoms with E-state index < -0.39 is 0 Å². The summed E-state index contributed by atoms with van der Waals surface area (Å²) in [7, 11) is 3.24. The van der Waals surface area contributed by atoms with Crippen LogP contribution in [0.2, 0.25) is 0 Å². The van der Waals surface area contributed by atoms with Crippen molar-refractivity contribution in [1.82, 2.24) is 5.32 Å². The van der Waals surface area contributed by atoms with Crippen molar-refractivity contribution in [3.05, 3.63) is 57.8 Å². The molecule has 0 heterocycles. The molecule has 1 N–H and O–H groups in total. The highest BCUT2D eigenvalue weighted by molar-refractivity contribution is 9.10. The van der Waals surface area contributed by atoms with Crippen molar-refractivity contribution in [2.75, 3.05) is 20.8 Å². The summed E-state index contributed by atoms with van der Waals surface area (Å²) in [5.74, 6) is 1.21. The first kappa shape index (κ1) is 16.8. The minimum Gasteiger partial charge on any atom is -0.493 e. The lowest BCUT2D eigenvalue weighted by atomic mass is 10.1. The topological polar surface area (TPSA) is 30.5 Å². The molecule has 0 fully saturated rings. The summed E-state index contributed by atoms with van der Waals surface area (Å²) < 4.78 is 24.4. The number of rotatable bonds is 7. The van der Waals surface area contributed by atoms with Crippen molar-refractivity contribution in [2.45, 2.75) is 13.0 Å². The minimum atomic E-state index is -0.203. The van der Waals surface area contributed by atoms with E-state index in [1.54, 1.807) is 14.2 Å². The van der Waals surface area contributed by atoms with Crippen molar-refractivity contribution >= 4 is 15.9 Å². The van der Waals surface area contributed by atoms with Crippen LogP contribution in [-0.2, 0) is 13.0 Å². The third-order valence-corrected chi connectivity index (χ3v) is 4.11. The number of hydrogen-bond donors (Lipinski definition) is 1. The first-order valence-electron chi connectivity index (χ1n) is 6.99. The van der Waals surface area contributed by atoms with Crippen LogP contribution in [0.4, 0.5) is 4.39 Å². The molecule has 22 heavy (non-hydrogen) atoms. The molecular formula is C17H19BrFNO2. The van der Waals surface area contributed by atoms with Gasteiger partial charge < -0.3 is 14.8 Å². The SMILES string of the molecule is COc1cc(Br)c(CNCCc2ccc(F)cc2)cc1OC. The summed E-state index contributed by atoms with van der Waals surface area (Å²) in [4.78, 5) is 0. The highest BCUT2D eigenvalue weighted by Crippen LogP contribution is 2.33. The number of halogens is 2. The lowest BCUT2D eigenvalue weighted by molar-refractivity contribution is 0.354. The van der Waals surface area contributed by atoms with Gasteiger partial charge in [-0.1, -0.05) is 28.1 Å². The summed E-state index contributed by atoms with van der Waals surface area (Å²) in [5.41, 5.74) is 2.21. The number of nitrogens with one attached hydrogen (secondary N) is 1. The van der Waals surface area contributed by atoms with Crippen LogP contribution in [0.25, 0.3) is 0 Å². The highest BCUT2D eigenvalue weighted by Gasteiger charge is 2.09. The molecule has 0 saturated heterocycles. The van der Waals surface area contributed by atoms with Crippen LogP contribution in [0.3, 0.4) is 0 Å². The van der Waals surface area contributed by atoms with Gasteiger partial charge in [-0.2, -0.15) is 0 Å². The largest absolute Gasteiger partial charge is 0.493 e. The third kappa shape index (κ3) is 4.45. The van der Waals surface area contributed by atoms with Gasteiger partial charge in [0.25, 0.3) is 0 Å². The molecule has 0 amide bonds. The second-order valence-electron chi connectivity index (χ2n) is 4.85. The van der Waals surface area contributed by atoms with Crippen molar-refractivity contribution in [2.24, 2.45) is 0 Å². The van der Waals surface area contributed by atoms with Crippen molar-refractivity contribution < 1.29 is 13.9 Å². The molecule has 2 aromatic rings. The zero-order chi connectivity index (χ0) is 15.9. The van der Waals surface area contributed by atoms with Gasteiger partial charge in [0.05, 0.1) is 14.2 Å². The van der Waals surface area contributed by atoms with Gasteiger partial charge in [0.2, 0.25) is 0 Å². The molecule has 0 radical (unpaired) electrons. The van der Waals surface area contributed by atoms with Gasteiger partial charge in [-0.15, -0.1) is 0 Å². The van der Waals surface area contributed by atoms with Crippen LogP contribution in [0.1, 0.15) is 11.1 Å². The third-order valence-electron chi connectivity index (χ3n) is 3.37. The normalized spacial score (nSPS) is 10.5. The second-order valence-corrected chi connectivity index (χ2v) is 5.71. The minimum absolute atomic E-state index is 0.203. The Morgan fingerprint density at radius 3 is 2.32 bits per heavy atom. The van der Waals surface area contributed by atoms with Gasteiger partial charge >= 0.3 is 0 Å². The van der Waals surface area contributed by atoms with Gasteiger partial charge in [-0.25, -0.2) is 4.39 Å². The molecule has 0 atom stereocenters. The zero-order valence-corrected chi connectivity index (χ0v) is 14.2. The number of ether oxygens (including phenoxy) is 2. The Morgan fingerprint density at radius 1 is 1.05 bits per heavy atom. The summed E-state index contributed by atoms with van der Waals surface area (Å²) in [6.45, 7) is 1.52. The van der Waals surface area contributed by atoms with E-state index in [1.807, 2.05) is 24.3 Å². The van der Waals surface area contributed by atoms with E-state index >= 15 is 0 Å². The molecule has 2 rings (SSSR count). The van der Waals surface area contributed by atoms with Crippen LogP contribution >= 0.6 is 15.9 Å².